The summed E-state index contributed by atoms with van der Waals surface area (Å²) in [6.07, 6.45) is 4.78. The fourth-order valence-electron chi connectivity index (χ4n) is 1.66. The average Bonchev–Trinajstić information content (AvgIpc) is 2.94. The molecular formula is C14H18N4OS. The van der Waals surface area contributed by atoms with E-state index in [9.17, 15) is 4.79 Å². The number of nitrogens with one attached hydrogen (secondary N) is 2. The number of carbonyl (C=O) groups is 1. The first-order chi connectivity index (χ1) is 9.78. The zero-order chi connectivity index (χ0) is 14.2. The van der Waals surface area contributed by atoms with E-state index in [0.29, 0.717) is 25.5 Å². The van der Waals surface area contributed by atoms with Crippen LogP contribution in [0.1, 0.15) is 23.1 Å². The normalized spacial score (nSPS) is 10.2. The van der Waals surface area contributed by atoms with E-state index in [0.717, 1.165) is 6.42 Å². The van der Waals surface area contributed by atoms with Gasteiger partial charge in [0.2, 0.25) is 11.9 Å². The maximum atomic E-state index is 11.7. The minimum absolute atomic E-state index is 0.0277. The van der Waals surface area contributed by atoms with E-state index in [1.54, 1.807) is 29.8 Å². The summed E-state index contributed by atoms with van der Waals surface area (Å²) in [5, 5.41) is 5.92. The Hall–Kier alpha value is -1.95. The Morgan fingerprint density at radius 2 is 2.00 bits per heavy atom. The van der Waals surface area contributed by atoms with Crippen molar-refractivity contribution in [1.29, 1.82) is 0 Å². The van der Waals surface area contributed by atoms with E-state index in [1.807, 2.05) is 0 Å². The van der Waals surface area contributed by atoms with Gasteiger partial charge in [-0.2, -0.15) is 0 Å². The van der Waals surface area contributed by atoms with E-state index in [4.69, 9.17) is 0 Å². The molecule has 2 rings (SSSR count). The van der Waals surface area contributed by atoms with Crippen LogP contribution in [0, 0.1) is 0 Å². The standard InChI is InChI=1S/C14H18N4OS/c1-2-11-4-5-12(20-11)10-18-13(19)6-9-17-14-15-7-3-8-16-14/h3-5,7-8H,2,6,9-10H2,1H3,(H,18,19)(H,15,16,17). The van der Waals surface area contributed by atoms with Crippen molar-refractivity contribution in [3.05, 3.63) is 40.3 Å². The number of thiophene rings is 1. The second-order valence-corrected chi connectivity index (χ2v) is 5.50. The van der Waals surface area contributed by atoms with Gasteiger partial charge in [0.15, 0.2) is 0 Å². The average molecular weight is 290 g/mol. The van der Waals surface area contributed by atoms with Crippen molar-refractivity contribution in [3.8, 4) is 0 Å². The highest BCUT2D eigenvalue weighted by Crippen LogP contribution is 2.16. The number of anilines is 1. The fraction of sp³-hybridized carbons (Fsp3) is 0.357. The number of carbonyl (C=O) groups excluding carboxylic acids is 1. The SMILES string of the molecule is CCc1ccc(CNC(=O)CCNc2ncccn2)s1. The Labute approximate surface area is 122 Å². The summed E-state index contributed by atoms with van der Waals surface area (Å²) in [5.41, 5.74) is 0. The molecule has 0 saturated carbocycles. The molecule has 2 aromatic heterocycles. The van der Waals surface area contributed by atoms with Crippen LogP contribution in [0.4, 0.5) is 5.95 Å². The molecule has 2 N–H and O–H groups in total. The van der Waals surface area contributed by atoms with Crippen LogP contribution in [-0.4, -0.2) is 22.4 Å². The van der Waals surface area contributed by atoms with Gasteiger partial charge in [-0.25, -0.2) is 9.97 Å². The van der Waals surface area contributed by atoms with Gasteiger partial charge in [-0.15, -0.1) is 11.3 Å². The maximum absolute atomic E-state index is 11.7. The van der Waals surface area contributed by atoms with Crippen molar-refractivity contribution < 1.29 is 4.79 Å². The monoisotopic (exact) mass is 290 g/mol. The number of hydrogen-bond acceptors (Lipinski definition) is 5. The molecule has 0 unspecified atom stereocenters. The molecule has 1 amide bonds. The fourth-order valence-corrected chi connectivity index (χ4v) is 2.56. The molecular weight excluding hydrogens is 272 g/mol. The van der Waals surface area contributed by atoms with Crippen LogP contribution in [0.25, 0.3) is 0 Å². The van der Waals surface area contributed by atoms with Gasteiger partial charge < -0.3 is 10.6 Å². The van der Waals surface area contributed by atoms with Crippen molar-refractivity contribution in [1.82, 2.24) is 15.3 Å². The van der Waals surface area contributed by atoms with E-state index in [-0.39, 0.29) is 5.91 Å². The predicted octanol–water partition coefficient (Wildman–Crippen LogP) is 2.22. The lowest BCUT2D eigenvalue weighted by molar-refractivity contribution is -0.120. The quantitative estimate of drug-likeness (QED) is 0.820. The van der Waals surface area contributed by atoms with Gasteiger partial charge in [-0.05, 0) is 24.6 Å². The molecule has 0 aromatic carbocycles. The molecule has 0 aliphatic heterocycles. The summed E-state index contributed by atoms with van der Waals surface area (Å²) in [6.45, 7) is 3.26. The van der Waals surface area contributed by atoms with Crippen molar-refractivity contribution in [2.75, 3.05) is 11.9 Å². The molecule has 0 aliphatic rings. The molecule has 2 heterocycles. The van der Waals surface area contributed by atoms with E-state index < -0.39 is 0 Å². The Kier molecular flexibility index (Phi) is 5.49. The smallest absolute Gasteiger partial charge is 0.222 e. The van der Waals surface area contributed by atoms with Gasteiger partial charge in [0, 0.05) is 35.1 Å². The minimum atomic E-state index is 0.0277. The Morgan fingerprint density at radius 1 is 1.25 bits per heavy atom. The summed E-state index contributed by atoms with van der Waals surface area (Å²) >= 11 is 1.75. The van der Waals surface area contributed by atoms with Crippen molar-refractivity contribution in [2.45, 2.75) is 26.3 Å². The van der Waals surface area contributed by atoms with Crippen molar-refractivity contribution >= 4 is 23.2 Å². The maximum Gasteiger partial charge on any atom is 0.222 e. The number of hydrogen-bond donors (Lipinski definition) is 2. The summed E-state index contributed by atoms with van der Waals surface area (Å²) < 4.78 is 0. The van der Waals surface area contributed by atoms with Crippen LogP contribution >= 0.6 is 11.3 Å². The second kappa shape index (κ2) is 7.59. The molecule has 0 radical (unpaired) electrons. The third-order valence-corrected chi connectivity index (χ3v) is 3.96. The first-order valence-electron chi connectivity index (χ1n) is 6.63. The summed E-state index contributed by atoms with van der Waals surface area (Å²) in [4.78, 5) is 22.3. The van der Waals surface area contributed by atoms with Crippen LogP contribution in [0.15, 0.2) is 30.6 Å². The minimum Gasteiger partial charge on any atom is -0.354 e. The second-order valence-electron chi connectivity index (χ2n) is 4.25. The number of nitrogens with zero attached hydrogens (tertiary/aromatic N) is 2. The Balaban J connectivity index is 1.65. The van der Waals surface area contributed by atoms with Crippen molar-refractivity contribution in [2.24, 2.45) is 0 Å². The summed E-state index contributed by atoms with van der Waals surface area (Å²) in [5.74, 6) is 0.575. The van der Waals surface area contributed by atoms with Gasteiger partial charge in [-0.1, -0.05) is 6.92 Å². The van der Waals surface area contributed by atoms with Crippen molar-refractivity contribution in [3.63, 3.8) is 0 Å². The molecule has 20 heavy (non-hydrogen) atoms. The molecule has 0 aliphatic carbocycles. The van der Waals surface area contributed by atoms with Crippen LogP contribution in [-0.2, 0) is 17.8 Å². The molecule has 0 fully saturated rings. The highest BCUT2D eigenvalue weighted by molar-refractivity contribution is 7.11. The van der Waals surface area contributed by atoms with E-state index in [1.165, 1.54) is 9.75 Å². The van der Waals surface area contributed by atoms with Gasteiger partial charge in [0.05, 0.1) is 6.54 Å². The third-order valence-electron chi connectivity index (χ3n) is 2.73. The van der Waals surface area contributed by atoms with E-state index in [2.05, 4.69) is 39.7 Å². The van der Waals surface area contributed by atoms with Crippen LogP contribution in [0.2, 0.25) is 0 Å². The number of aryl methyl sites for hydroxylation is 1. The zero-order valence-corrected chi connectivity index (χ0v) is 12.2. The van der Waals surface area contributed by atoms with Gasteiger partial charge >= 0.3 is 0 Å². The topological polar surface area (TPSA) is 66.9 Å². The molecule has 0 saturated heterocycles. The Morgan fingerprint density at radius 3 is 2.70 bits per heavy atom. The molecule has 0 atom stereocenters. The van der Waals surface area contributed by atoms with Crippen LogP contribution < -0.4 is 10.6 Å². The largest absolute Gasteiger partial charge is 0.354 e. The lowest BCUT2D eigenvalue weighted by Crippen LogP contribution is -2.24. The molecule has 106 valence electrons. The molecule has 6 heteroatoms. The van der Waals surface area contributed by atoms with Gasteiger partial charge in [-0.3, -0.25) is 4.79 Å². The lowest BCUT2D eigenvalue weighted by atomic mass is 10.3. The number of amides is 1. The Bertz CT molecular complexity index is 541. The van der Waals surface area contributed by atoms with Gasteiger partial charge in [0.25, 0.3) is 0 Å². The summed E-state index contributed by atoms with van der Waals surface area (Å²) in [6, 6.07) is 5.93. The zero-order valence-electron chi connectivity index (χ0n) is 11.4. The van der Waals surface area contributed by atoms with Gasteiger partial charge in [0.1, 0.15) is 0 Å². The summed E-state index contributed by atoms with van der Waals surface area (Å²) in [7, 11) is 0. The first kappa shape index (κ1) is 14.5. The number of rotatable bonds is 7. The first-order valence-corrected chi connectivity index (χ1v) is 7.44. The third kappa shape index (κ3) is 4.62. The molecule has 2 aromatic rings. The highest BCUT2D eigenvalue weighted by atomic mass is 32.1. The van der Waals surface area contributed by atoms with E-state index >= 15 is 0 Å². The predicted molar refractivity (Wildman–Crippen MR) is 80.7 cm³/mol. The number of aromatic nitrogens is 2. The molecule has 0 bridgehead atoms. The highest BCUT2D eigenvalue weighted by Gasteiger charge is 2.03. The molecule has 5 nitrogen and oxygen atoms in total. The van der Waals surface area contributed by atoms with Crippen LogP contribution in [0.3, 0.4) is 0 Å². The van der Waals surface area contributed by atoms with Crippen LogP contribution in [0.5, 0.6) is 0 Å². The lowest BCUT2D eigenvalue weighted by Gasteiger charge is -2.05. The molecule has 0 spiro atoms.